The quantitative estimate of drug-likeness (QED) is 0.411. The van der Waals surface area contributed by atoms with Crippen LogP contribution in [0.5, 0.6) is 5.75 Å². The van der Waals surface area contributed by atoms with E-state index in [1.807, 2.05) is 38.1 Å². The van der Waals surface area contributed by atoms with Gasteiger partial charge in [-0.2, -0.15) is 0 Å². The molecule has 0 atom stereocenters. The van der Waals surface area contributed by atoms with Gasteiger partial charge in [0.25, 0.3) is 0 Å². The smallest absolute Gasteiger partial charge is 0.318 e. The highest BCUT2D eigenvalue weighted by Gasteiger charge is 2.40. The van der Waals surface area contributed by atoms with Gasteiger partial charge in [-0.3, -0.25) is 0 Å². The minimum atomic E-state index is -0.633. The molecule has 1 heterocycles. The molecular formula is C26H41B6F2N3O2. The second-order valence-electron chi connectivity index (χ2n) is 13.2. The number of nitrogens with one attached hydrogen (secondary N) is 1. The van der Waals surface area contributed by atoms with Crippen LogP contribution in [-0.4, -0.2) is 94.2 Å². The number of rotatable bonds is 10. The van der Waals surface area contributed by atoms with Crippen molar-refractivity contribution in [3.63, 3.8) is 0 Å². The number of ether oxygens (including phenoxy) is 1. The Morgan fingerprint density at radius 3 is 2.13 bits per heavy atom. The number of halogens is 2. The topological polar surface area (TPSA) is 44.8 Å². The van der Waals surface area contributed by atoms with Crippen LogP contribution in [0.15, 0.2) is 42.5 Å². The van der Waals surface area contributed by atoms with E-state index in [0.717, 1.165) is 43.3 Å². The summed E-state index contributed by atoms with van der Waals surface area (Å²) in [5.41, 5.74) is 1.26. The number of carbonyl (C=O) groups excluding carboxylic acids is 1. The molecule has 0 radical (unpaired) electrons. The number of nitrogens with zero attached hydrogens (tertiary/aromatic N) is 2. The maximum absolute atomic E-state index is 14.6. The molecule has 0 aromatic heterocycles. The molecule has 3 rings (SSSR count). The zero-order chi connectivity index (χ0) is 29.0. The third-order valence-electron chi connectivity index (χ3n) is 7.30. The molecule has 5 nitrogen and oxygen atoms in total. The average Bonchev–Trinajstić information content (AvgIpc) is 2.81. The zero-order valence-electron chi connectivity index (χ0n) is 25.0. The van der Waals surface area contributed by atoms with Crippen LogP contribution in [0.1, 0.15) is 37.8 Å². The van der Waals surface area contributed by atoms with E-state index in [0.29, 0.717) is 18.2 Å². The van der Waals surface area contributed by atoms with E-state index in [1.165, 1.54) is 12.1 Å². The molecule has 1 fully saturated rings. The second kappa shape index (κ2) is 12.9. The number of carbonyl (C=O) groups is 1. The van der Waals surface area contributed by atoms with Crippen LogP contribution in [0.4, 0.5) is 13.6 Å². The number of likely N-dealkylation sites (tertiary alicyclic amines) is 1. The molecule has 13 heteroatoms. The Morgan fingerprint density at radius 1 is 1.03 bits per heavy atom. The number of urea groups is 1. The van der Waals surface area contributed by atoms with E-state index in [4.69, 9.17) is 4.74 Å². The molecule has 2 aromatic rings. The highest BCUT2D eigenvalue weighted by Crippen LogP contribution is 2.37. The maximum atomic E-state index is 14.6. The Bertz CT molecular complexity index is 1090. The number of amides is 2. The number of hydrogen-bond acceptors (Lipinski definition) is 3. The van der Waals surface area contributed by atoms with E-state index in [9.17, 15) is 13.6 Å². The molecule has 0 saturated carbocycles. The van der Waals surface area contributed by atoms with Crippen molar-refractivity contribution in [1.82, 2.24) is 15.1 Å². The molecule has 1 aliphatic rings. The van der Waals surface area contributed by atoms with Crippen LogP contribution < -0.4 is 10.1 Å². The minimum absolute atomic E-state index is 0.0480. The van der Waals surface area contributed by atoms with Gasteiger partial charge in [0.1, 0.15) is 17.4 Å². The van der Waals surface area contributed by atoms with Crippen molar-refractivity contribution in [2.75, 3.05) is 13.1 Å². The first-order valence-electron chi connectivity index (χ1n) is 14.1. The largest absolute Gasteiger partial charge is 0.491 e. The summed E-state index contributed by atoms with van der Waals surface area (Å²) in [5.74, 6) is -0.476. The third kappa shape index (κ3) is 8.86. The summed E-state index contributed by atoms with van der Waals surface area (Å²) < 4.78 is 33.9. The number of hydrogen-bond donors (Lipinski definition) is 1. The van der Waals surface area contributed by atoms with E-state index in [-0.39, 0.29) is 34.9 Å². The monoisotopic (exact) mass is 531 g/mol. The summed E-state index contributed by atoms with van der Waals surface area (Å²) in [7, 11) is 13.7. The zero-order valence-corrected chi connectivity index (χ0v) is 25.0. The maximum Gasteiger partial charge on any atom is 0.318 e. The van der Waals surface area contributed by atoms with Crippen LogP contribution in [0.2, 0.25) is 10.2 Å². The van der Waals surface area contributed by atoms with E-state index in [1.54, 1.807) is 4.90 Å². The summed E-state index contributed by atoms with van der Waals surface area (Å²) in [6, 6.07) is 11.3. The SMILES string of the molecule is BC(B)(B)C(N1CCC(N(Cc2ccc(F)cc2F)C(=O)NCc2ccc(OC(C)C)cc2)CC1)C(B)(B)B. The first-order valence-corrected chi connectivity index (χ1v) is 14.1. The number of piperidine rings is 1. The van der Waals surface area contributed by atoms with Crippen molar-refractivity contribution in [1.29, 1.82) is 0 Å². The molecule has 1 saturated heterocycles. The molecule has 0 unspecified atom stereocenters. The van der Waals surface area contributed by atoms with E-state index in [2.05, 4.69) is 57.3 Å². The summed E-state index contributed by atoms with van der Waals surface area (Å²) in [4.78, 5) is 17.8. The first-order chi connectivity index (χ1) is 18.1. The summed E-state index contributed by atoms with van der Waals surface area (Å²) in [5, 5.41) is 3.24. The Balaban J connectivity index is 1.74. The van der Waals surface area contributed by atoms with E-state index < -0.39 is 11.6 Å². The van der Waals surface area contributed by atoms with Crippen molar-refractivity contribution < 1.29 is 18.3 Å². The normalized spacial score (nSPS) is 15.4. The van der Waals surface area contributed by atoms with Gasteiger partial charge < -0.3 is 19.9 Å². The molecule has 1 aliphatic heterocycles. The molecule has 0 bridgehead atoms. The van der Waals surface area contributed by atoms with Crippen molar-refractivity contribution in [3.8, 4) is 5.75 Å². The molecule has 1 N–H and O–H groups in total. The van der Waals surface area contributed by atoms with Crippen LogP contribution in [0.25, 0.3) is 0 Å². The minimum Gasteiger partial charge on any atom is -0.491 e. The lowest BCUT2D eigenvalue weighted by atomic mass is 9.27. The highest BCUT2D eigenvalue weighted by molar-refractivity contribution is 6.64. The molecule has 39 heavy (non-hydrogen) atoms. The van der Waals surface area contributed by atoms with Gasteiger partial charge in [0, 0.05) is 37.3 Å². The first kappa shape index (κ1) is 31.2. The van der Waals surface area contributed by atoms with E-state index >= 15 is 0 Å². The summed E-state index contributed by atoms with van der Waals surface area (Å²) >= 11 is 0. The van der Waals surface area contributed by atoms with Gasteiger partial charge >= 0.3 is 6.03 Å². The van der Waals surface area contributed by atoms with Crippen molar-refractivity contribution >= 4 is 53.1 Å². The van der Waals surface area contributed by atoms with Crippen molar-refractivity contribution in [3.05, 3.63) is 65.2 Å². The number of benzene rings is 2. The molecular weight excluding hydrogens is 489 g/mol. The average molecular weight is 531 g/mol. The van der Waals surface area contributed by atoms with Crippen LogP contribution in [0.3, 0.4) is 0 Å². The lowest BCUT2D eigenvalue weighted by Crippen LogP contribution is -2.58. The fourth-order valence-corrected chi connectivity index (χ4v) is 6.29. The predicted octanol–water partition coefficient (Wildman–Crippen LogP) is -0.757. The van der Waals surface area contributed by atoms with Gasteiger partial charge in [-0.1, -0.05) is 28.4 Å². The summed E-state index contributed by atoms with van der Waals surface area (Å²) in [6.07, 6.45) is 1.67. The van der Waals surface area contributed by atoms with Crippen LogP contribution in [-0.2, 0) is 13.1 Å². The third-order valence-corrected chi connectivity index (χ3v) is 7.30. The van der Waals surface area contributed by atoms with Crippen LogP contribution >= 0.6 is 0 Å². The van der Waals surface area contributed by atoms with Gasteiger partial charge in [-0.25, -0.2) is 13.6 Å². The van der Waals surface area contributed by atoms with Gasteiger partial charge in [-0.05, 0) is 56.5 Å². The molecule has 0 aliphatic carbocycles. The van der Waals surface area contributed by atoms with Crippen molar-refractivity contribution in [2.45, 2.75) is 68.2 Å². The van der Waals surface area contributed by atoms with Gasteiger partial charge in [0.05, 0.1) is 59.7 Å². The highest BCUT2D eigenvalue weighted by atomic mass is 19.1. The molecule has 0 spiro atoms. The van der Waals surface area contributed by atoms with Gasteiger partial charge in [-0.15, -0.1) is 0 Å². The Morgan fingerprint density at radius 2 is 1.62 bits per heavy atom. The predicted molar refractivity (Wildman–Crippen MR) is 171 cm³/mol. The van der Waals surface area contributed by atoms with Crippen molar-refractivity contribution in [2.24, 2.45) is 0 Å². The van der Waals surface area contributed by atoms with Gasteiger partial charge in [0.15, 0.2) is 0 Å². The molecule has 2 aromatic carbocycles. The fraction of sp³-hybridized carbons (Fsp3) is 0.500. The Hall–Kier alpha value is -2.28. The second-order valence-corrected chi connectivity index (χ2v) is 13.2. The van der Waals surface area contributed by atoms with Crippen LogP contribution in [0, 0.1) is 11.6 Å². The fourth-order valence-electron chi connectivity index (χ4n) is 6.29. The lowest BCUT2D eigenvalue weighted by Gasteiger charge is -2.52. The van der Waals surface area contributed by atoms with Gasteiger partial charge in [0.2, 0.25) is 0 Å². The molecule has 2 amide bonds. The summed E-state index contributed by atoms with van der Waals surface area (Å²) in [6.45, 7) is 6.10. The Labute approximate surface area is 238 Å². The molecule has 204 valence electrons. The Kier molecular flexibility index (Phi) is 10.4. The standard InChI is InChI=1S/C26H41B6F2N3O2/c1-16(2)39-21-7-3-17(4-8-21)14-35-24(38)37(15-18-5-6-19(33)13-22(18)34)20-9-11-36(12-10-20)23(25(27,28)29)26(30,31)32/h3-8,13,16,20,23H,9-12,14-15,27-32H2,1-2H3,(H,35,38). The lowest BCUT2D eigenvalue weighted by molar-refractivity contribution is 0.0918.